The fourth-order valence-electron chi connectivity index (χ4n) is 2.76. The third-order valence-corrected chi connectivity index (χ3v) is 3.90. The highest BCUT2D eigenvalue weighted by atomic mass is 19.4. The summed E-state index contributed by atoms with van der Waals surface area (Å²) in [7, 11) is 0. The van der Waals surface area contributed by atoms with Gasteiger partial charge >= 0.3 is 6.36 Å². The van der Waals surface area contributed by atoms with E-state index in [1.54, 1.807) is 6.07 Å². The van der Waals surface area contributed by atoms with E-state index < -0.39 is 6.36 Å². The molecular weight excluding hydrogens is 335 g/mol. The molecule has 2 rings (SSSR count). The van der Waals surface area contributed by atoms with Gasteiger partial charge < -0.3 is 20.5 Å². The maximum Gasteiger partial charge on any atom is 0.573 e. The molecule has 0 saturated heterocycles. The van der Waals surface area contributed by atoms with Crippen LogP contribution in [0, 0.1) is 0 Å². The molecule has 1 aromatic carbocycles. The Hall–Kier alpha value is -1.96. The molecule has 0 atom stereocenters. The van der Waals surface area contributed by atoms with Crippen LogP contribution < -0.4 is 15.8 Å². The smallest absolute Gasteiger partial charge is 0.404 e. The number of ether oxygens (including phenoxy) is 2. The average Bonchev–Trinajstić information content (AvgIpc) is 2.81. The van der Waals surface area contributed by atoms with Gasteiger partial charge in [0.05, 0.1) is 24.9 Å². The number of nitrogens with two attached hydrogens (primary N) is 1. The number of nitrogens with zero attached hydrogens (tertiary/aromatic N) is 1. The lowest BCUT2D eigenvalue weighted by atomic mass is 10.1. The molecule has 0 amide bonds. The van der Waals surface area contributed by atoms with Crippen molar-refractivity contribution < 1.29 is 22.6 Å². The Morgan fingerprint density at radius 3 is 2.52 bits per heavy atom. The van der Waals surface area contributed by atoms with Crippen molar-refractivity contribution in [1.29, 1.82) is 0 Å². The lowest BCUT2D eigenvalue weighted by molar-refractivity contribution is -0.274. The fraction of sp³-hybridized carbons (Fsp3) is 0.588. The van der Waals surface area contributed by atoms with E-state index in [4.69, 9.17) is 10.5 Å². The first-order chi connectivity index (χ1) is 11.9. The standard InChI is InChI=1S/C17H24F3N3O2/c18-17(19,20)25-15-10-6-5-9-14(15)23-16(21)22-11-12-24-13-7-3-1-2-4-8-13/h5-6,9-10,13H,1-4,7-8,11-12H2,(H3,21,22,23). The van der Waals surface area contributed by atoms with Gasteiger partial charge in [-0.2, -0.15) is 0 Å². The van der Waals surface area contributed by atoms with Crippen molar-refractivity contribution in [2.75, 3.05) is 18.5 Å². The summed E-state index contributed by atoms with van der Waals surface area (Å²) in [5.74, 6) is -0.342. The summed E-state index contributed by atoms with van der Waals surface area (Å²) in [6.07, 6.45) is 2.53. The minimum Gasteiger partial charge on any atom is -0.404 e. The number of halogens is 3. The molecule has 0 aromatic heterocycles. The molecule has 1 aliphatic carbocycles. The molecule has 0 unspecified atom stereocenters. The first-order valence-electron chi connectivity index (χ1n) is 8.47. The molecule has 1 aliphatic rings. The first-order valence-corrected chi connectivity index (χ1v) is 8.47. The highest BCUT2D eigenvalue weighted by molar-refractivity contribution is 5.93. The average molecular weight is 359 g/mol. The van der Waals surface area contributed by atoms with Crippen molar-refractivity contribution >= 4 is 11.6 Å². The van der Waals surface area contributed by atoms with E-state index in [2.05, 4.69) is 15.0 Å². The van der Waals surface area contributed by atoms with Crippen molar-refractivity contribution in [2.24, 2.45) is 10.7 Å². The number of guanidine groups is 1. The van der Waals surface area contributed by atoms with Crippen molar-refractivity contribution in [3.05, 3.63) is 24.3 Å². The molecule has 0 aliphatic heterocycles. The van der Waals surface area contributed by atoms with Gasteiger partial charge in [-0.25, -0.2) is 0 Å². The predicted octanol–water partition coefficient (Wildman–Crippen LogP) is 4.05. The van der Waals surface area contributed by atoms with Crippen molar-refractivity contribution in [2.45, 2.75) is 51.0 Å². The maximum atomic E-state index is 12.4. The Bertz CT molecular complexity index is 556. The topological polar surface area (TPSA) is 68.9 Å². The summed E-state index contributed by atoms with van der Waals surface area (Å²) in [4.78, 5) is 4.09. The summed E-state index contributed by atoms with van der Waals surface area (Å²) < 4.78 is 46.9. The van der Waals surface area contributed by atoms with Gasteiger partial charge in [-0.3, -0.25) is 4.99 Å². The van der Waals surface area contributed by atoms with Crippen LogP contribution in [-0.4, -0.2) is 31.6 Å². The van der Waals surface area contributed by atoms with E-state index in [0.717, 1.165) is 12.8 Å². The zero-order valence-corrected chi connectivity index (χ0v) is 14.0. The number of hydrogen-bond donors (Lipinski definition) is 2. The Morgan fingerprint density at radius 2 is 1.84 bits per heavy atom. The van der Waals surface area contributed by atoms with E-state index in [0.29, 0.717) is 13.2 Å². The molecule has 140 valence electrons. The van der Waals surface area contributed by atoms with Crippen LogP contribution in [0.2, 0.25) is 0 Å². The highest BCUT2D eigenvalue weighted by Crippen LogP contribution is 2.29. The van der Waals surface area contributed by atoms with E-state index >= 15 is 0 Å². The number of hydrogen-bond acceptors (Lipinski definition) is 3. The van der Waals surface area contributed by atoms with Gasteiger partial charge in [0.1, 0.15) is 0 Å². The molecule has 0 radical (unpaired) electrons. The largest absolute Gasteiger partial charge is 0.573 e. The van der Waals surface area contributed by atoms with Crippen LogP contribution >= 0.6 is 0 Å². The van der Waals surface area contributed by atoms with Crippen LogP contribution in [0.5, 0.6) is 5.75 Å². The number of anilines is 1. The molecule has 1 fully saturated rings. The molecule has 1 saturated carbocycles. The van der Waals surface area contributed by atoms with Crippen molar-refractivity contribution in [1.82, 2.24) is 0 Å². The molecule has 25 heavy (non-hydrogen) atoms. The number of alkyl halides is 3. The molecule has 5 nitrogen and oxygen atoms in total. The summed E-state index contributed by atoms with van der Waals surface area (Å²) in [6.45, 7) is 0.783. The van der Waals surface area contributed by atoms with Crippen LogP contribution in [0.3, 0.4) is 0 Å². The minimum absolute atomic E-state index is 0.0164. The van der Waals surface area contributed by atoms with Crippen molar-refractivity contribution in [3.8, 4) is 5.75 Å². The number of aliphatic imine (C=N–C) groups is 1. The highest BCUT2D eigenvalue weighted by Gasteiger charge is 2.32. The lowest BCUT2D eigenvalue weighted by Gasteiger charge is -2.15. The number of nitrogens with one attached hydrogen (secondary N) is 1. The van der Waals surface area contributed by atoms with E-state index in [1.807, 2.05) is 0 Å². The Morgan fingerprint density at radius 1 is 1.16 bits per heavy atom. The molecule has 8 heteroatoms. The molecule has 0 bridgehead atoms. The molecule has 3 N–H and O–H groups in total. The Labute approximate surface area is 145 Å². The van der Waals surface area contributed by atoms with Gasteiger partial charge in [0, 0.05) is 0 Å². The Balaban J connectivity index is 1.80. The predicted molar refractivity (Wildman–Crippen MR) is 90.7 cm³/mol. The SMILES string of the molecule is NC(=NCCOC1CCCCCC1)Nc1ccccc1OC(F)(F)F. The summed E-state index contributed by atoms with van der Waals surface area (Å²) in [6, 6.07) is 5.66. The van der Waals surface area contributed by atoms with Gasteiger partial charge in [0.25, 0.3) is 0 Å². The van der Waals surface area contributed by atoms with Gasteiger partial charge in [-0.1, -0.05) is 37.8 Å². The molecular formula is C17H24F3N3O2. The van der Waals surface area contributed by atoms with E-state index in [9.17, 15) is 13.2 Å². The van der Waals surface area contributed by atoms with Crippen LogP contribution in [-0.2, 0) is 4.74 Å². The molecule has 0 spiro atoms. The molecule has 1 aromatic rings. The third-order valence-electron chi connectivity index (χ3n) is 3.90. The third kappa shape index (κ3) is 7.64. The normalized spacial score (nSPS) is 17.2. The van der Waals surface area contributed by atoms with E-state index in [-0.39, 0.29) is 23.5 Å². The van der Waals surface area contributed by atoms with Crippen LogP contribution in [0.25, 0.3) is 0 Å². The van der Waals surface area contributed by atoms with Crippen LogP contribution in [0.1, 0.15) is 38.5 Å². The number of rotatable bonds is 6. The Kier molecular flexibility index (Phi) is 7.36. The maximum absolute atomic E-state index is 12.4. The first kappa shape index (κ1) is 19.4. The van der Waals surface area contributed by atoms with Crippen molar-refractivity contribution in [3.63, 3.8) is 0 Å². The monoisotopic (exact) mass is 359 g/mol. The van der Waals surface area contributed by atoms with E-state index in [1.165, 1.54) is 43.9 Å². The second kappa shape index (κ2) is 9.50. The zero-order valence-electron chi connectivity index (χ0n) is 14.0. The zero-order chi connectivity index (χ0) is 18.1. The minimum atomic E-state index is -4.77. The van der Waals surface area contributed by atoms with Gasteiger partial charge in [-0.15, -0.1) is 13.2 Å². The summed E-state index contributed by atoms with van der Waals surface area (Å²) >= 11 is 0. The number of para-hydroxylation sites is 2. The number of benzene rings is 1. The summed E-state index contributed by atoms with van der Waals surface area (Å²) in [5, 5.41) is 2.63. The quantitative estimate of drug-likeness (QED) is 0.348. The second-order valence-corrected chi connectivity index (χ2v) is 5.92. The molecule has 0 heterocycles. The van der Waals surface area contributed by atoms with Gasteiger partial charge in [0.15, 0.2) is 11.7 Å². The van der Waals surface area contributed by atoms with Gasteiger partial charge in [-0.05, 0) is 25.0 Å². The lowest BCUT2D eigenvalue weighted by Crippen LogP contribution is -2.25. The van der Waals surface area contributed by atoms with Crippen LogP contribution in [0.4, 0.5) is 18.9 Å². The van der Waals surface area contributed by atoms with Gasteiger partial charge in [0.2, 0.25) is 0 Å². The fourth-order valence-corrected chi connectivity index (χ4v) is 2.76. The van der Waals surface area contributed by atoms with Crippen LogP contribution in [0.15, 0.2) is 29.3 Å². The second-order valence-electron chi connectivity index (χ2n) is 5.92. The summed E-state index contributed by atoms with van der Waals surface area (Å²) in [5.41, 5.74) is 5.83.